The third-order valence-electron chi connectivity index (χ3n) is 3.46. The molecule has 0 radical (unpaired) electrons. The van der Waals surface area contributed by atoms with Gasteiger partial charge in [0, 0.05) is 52.5 Å². The van der Waals surface area contributed by atoms with Gasteiger partial charge in [0.25, 0.3) is 12.2 Å². The fraction of sp³-hybridized carbons (Fsp3) is 0.556. The quantitative estimate of drug-likeness (QED) is 0.470. The first-order chi connectivity index (χ1) is 12.6. The van der Waals surface area contributed by atoms with Crippen LogP contribution in [0, 0.1) is 10.1 Å². The van der Waals surface area contributed by atoms with E-state index in [-0.39, 0.29) is 11.3 Å². The molecule has 1 N–H and O–H groups in total. The number of nitro groups is 1. The summed E-state index contributed by atoms with van der Waals surface area (Å²) in [5, 5.41) is 14.3. The van der Waals surface area contributed by atoms with Crippen LogP contribution in [0.5, 0.6) is 0 Å². The van der Waals surface area contributed by atoms with Crippen LogP contribution >= 0.6 is 0 Å². The first-order valence-corrected chi connectivity index (χ1v) is 8.71. The molecule has 150 valence electrons. The van der Waals surface area contributed by atoms with Crippen LogP contribution in [0.3, 0.4) is 0 Å². The van der Waals surface area contributed by atoms with E-state index in [1.807, 2.05) is 39.8 Å². The van der Waals surface area contributed by atoms with Crippen LogP contribution < -0.4 is 10.2 Å². The van der Waals surface area contributed by atoms with E-state index in [2.05, 4.69) is 19.9 Å². The van der Waals surface area contributed by atoms with Gasteiger partial charge >= 0.3 is 0 Å². The monoisotopic (exact) mass is 379 g/mol. The smallest absolute Gasteiger partial charge is 0.295 e. The Morgan fingerprint density at radius 1 is 1.30 bits per heavy atom. The predicted octanol–water partition coefficient (Wildman–Crippen LogP) is 1.89. The van der Waals surface area contributed by atoms with Crippen molar-refractivity contribution < 1.29 is 14.5 Å². The van der Waals surface area contributed by atoms with Gasteiger partial charge in [-0.3, -0.25) is 14.9 Å². The van der Waals surface area contributed by atoms with E-state index in [0.717, 1.165) is 32.0 Å². The summed E-state index contributed by atoms with van der Waals surface area (Å²) >= 11 is 0. The van der Waals surface area contributed by atoms with Crippen LogP contribution in [0.1, 0.15) is 26.5 Å². The van der Waals surface area contributed by atoms with Crippen LogP contribution in [0.4, 0.5) is 11.5 Å². The van der Waals surface area contributed by atoms with E-state index in [1.54, 1.807) is 18.3 Å². The molecule has 0 bridgehead atoms. The van der Waals surface area contributed by atoms with Crippen LogP contribution in [0.2, 0.25) is 0 Å². The Morgan fingerprint density at radius 2 is 1.93 bits per heavy atom. The molecule has 0 unspecified atom stereocenters. The van der Waals surface area contributed by atoms with Gasteiger partial charge in [-0.15, -0.1) is 0 Å². The largest absolute Gasteiger partial charge is 0.462 e. The number of piperazine rings is 1. The lowest BCUT2D eigenvalue weighted by atomic mass is 10.2. The average Bonchev–Trinajstić information content (AvgIpc) is 2.60. The normalized spacial score (nSPS) is 14.3. The lowest BCUT2D eigenvalue weighted by molar-refractivity contribution is -0.385. The lowest BCUT2D eigenvalue weighted by Crippen LogP contribution is -2.43. The molecule has 1 aliphatic heterocycles. The second-order valence-corrected chi connectivity index (χ2v) is 7.17. The third-order valence-corrected chi connectivity index (χ3v) is 3.46. The molecule has 0 aliphatic carbocycles. The molecule has 0 spiro atoms. The molecular formula is C18H29N5O4. The van der Waals surface area contributed by atoms with Gasteiger partial charge in [-0.2, -0.15) is 0 Å². The van der Waals surface area contributed by atoms with Gasteiger partial charge in [-0.05, 0) is 32.9 Å². The van der Waals surface area contributed by atoms with Gasteiger partial charge in [0.15, 0.2) is 0 Å². The molecule has 1 fully saturated rings. The number of pyridine rings is 1. The Kier molecular flexibility index (Phi) is 8.67. The summed E-state index contributed by atoms with van der Waals surface area (Å²) in [6, 6.07) is 3.25. The molecule has 1 aliphatic rings. The first kappa shape index (κ1) is 22.4. The minimum Gasteiger partial charge on any atom is -0.462 e. The number of anilines is 1. The summed E-state index contributed by atoms with van der Waals surface area (Å²) in [7, 11) is 3.73. The van der Waals surface area contributed by atoms with Crippen molar-refractivity contribution in [2.45, 2.75) is 26.4 Å². The molecule has 0 atom stereocenters. The van der Waals surface area contributed by atoms with Crippen LogP contribution in [0.25, 0.3) is 6.08 Å². The SMILES string of the molecule is CC(C)(C)OC=O.CN(C)/C=C/c1nc(N2CCNCC2)ccc1[N+](=O)[O-]. The van der Waals surface area contributed by atoms with Crippen molar-refractivity contribution in [2.75, 3.05) is 45.2 Å². The van der Waals surface area contributed by atoms with E-state index in [4.69, 9.17) is 0 Å². The molecule has 27 heavy (non-hydrogen) atoms. The highest BCUT2D eigenvalue weighted by Crippen LogP contribution is 2.22. The molecule has 0 aromatic carbocycles. The minimum absolute atomic E-state index is 0.0296. The van der Waals surface area contributed by atoms with E-state index < -0.39 is 4.92 Å². The van der Waals surface area contributed by atoms with Crippen molar-refractivity contribution in [1.82, 2.24) is 15.2 Å². The molecule has 0 amide bonds. The number of ether oxygens (including phenoxy) is 1. The molecule has 1 saturated heterocycles. The standard InChI is InChI=1S/C13H19N5O2.C5H10O2/c1-16(2)8-5-11-12(18(19)20)3-4-13(15-11)17-9-6-14-7-10-17;1-5(2,3)7-4-6/h3-5,8,14H,6-7,9-10H2,1-2H3;4H,1-3H3/b8-5+;. The zero-order chi connectivity index (χ0) is 20.4. The van der Waals surface area contributed by atoms with Gasteiger partial charge in [0.1, 0.15) is 17.1 Å². The topological polar surface area (TPSA) is 101 Å². The van der Waals surface area contributed by atoms with Crippen LogP contribution in [-0.4, -0.2) is 67.2 Å². The van der Waals surface area contributed by atoms with Crippen molar-refractivity contribution >= 4 is 24.1 Å². The number of carbonyl (C=O) groups is 1. The summed E-state index contributed by atoms with van der Waals surface area (Å²) in [5.41, 5.74) is 0.101. The number of hydrogen-bond acceptors (Lipinski definition) is 8. The number of nitrogens with one attached hydrogen (secondary N) is 1. The molecule has 1 aromatic rings. The predicted molar refractivity (Wildman–Crippen MR) is 106 cm³/mol. The van der Waals surface area contributed by atoms with E-state index in [9.17, 15) is 14.9 Å². The van der Waals surface area contributed by atoms with Crippen molar-refractivity contribution in [2.24, 2.45) is 0 Å². The van der Waals surface area contributed by atoms with Gasteiger partial charge in [0.2, 0.25) is 0 Å². The summed E-state index contributed by atoms with van der Waals surface area (Å²) in [5.74, 6) is 0.788. The molecule has 9 heteroatoms. The Bertz CT molecular complexity index is 650. The maximum atomic E-state index is 11.0. The van der Waals surface area contributed by atoms with Crippen molar-refractivity contribution in [3.05, 3.63) is 34.1 Å². The van der Waals surface area contributed by atoms with Gasteiger partial charge in [0.05, 0.1) is 4.92 Å². The van der Waals surface area contributed by atoms with E-state index >= 15 is 0 Å². The number of nitrogens with zero attached hydrogens (tertiary/aromatic N) is 4. The number of hydrogen-bond donors (Lipinski definition) is 1. The molecule has 0 saturated carbocycles. The zero-order valence-electron chi connectivity index (χ0n) is 16.6. The van der Waals surface area contributed by atoms with Crippen LogP contribution in [0.15, 0.2) is 18.3 Å². The van der Waals surface area contributed by atoms with E-state index in [1.165, 1.54) is 6.07 Å². The van der Waals surface area contributed by atoms with Gasteiger partial charge in [-0.25, -0.2) is 4.98 Å². The van der Waals surface area contributed by atoms with Crippen molar-refractivity contribution in [3.8, 4) is 0 Å². The molecule has 1 aromatic heterocycles. The van der Waals surface area contributed by atoms with Crippen molar-refractivity contribution in [3.63, 3.8) is 0 Å². The van der Waals surface area contributed by atoms with Gasteiger partial charge in [-0.1, -0.05) is 0 Å². The Balaban J connectivity index is 0.000000445. The number of carbonyl (C=O) groups excluding carboxylic acids is 1. The molecule has 9 nitrogen and oxygen atoms in total. The fourth-order valence-corrected chi connectivity index (χ4v) is 2.17. The number of aromatic nitrogens is 1. The highest BCUT2D eigenvalue weighted by Gasteiger charge is 2.17. The molecular weight excluding hydrogens is 350 g/mol. The lowest BCUT2D eigenvalue weighted by Gasteiger charge is -2.28. The Hall–Kier alpha value is -2.68. The highest BCUT2D eigenvalue weighted by molar-refractivity contribution is 5.60. The van der Waals surface area contributed by atoms with Crippen LogP contribution in [-0.2, 0) is 9.53 Å². The summed E-state index contributed by atoms with van der Waals surface area (Å²) in [6.07, 6.45) is 3.43. The van der Waals surface area contributed by atoms with Gasteiger partial charge < -0.3 is 19.9 Å². The second-order valence-electron chi connectivity index (χ2n) is 7.17. The maximum Gasteiger partial charge on any atom is 0.295 e. The number of rotatable bonds is 5. The average molecular weight is 379 g/mol. The first-order valence-electron chi connectivity index (χ1n) is 8.71. The van der Waals surface area contributed by atoms with Crippen molar-refractivity contribution in [1.29, 1.82) is 0 Å². The Labute approximate surface area is 160 Å². The third kappa shape index (κ3) is 8.50. The minimum atomic E-state index is -0.399. The second kappa shape index (κ2) is 10.5. The molecule has 2 rings (SSSR count). The highest BCUT2D eigenvalue weighted by atomic mass is 16.6. The summed E-state index contributed by atoms with van der Waals surface area (Å²) in [6.45, 7) is 9.45. The van der Waals surface area contributed by atoms with E-state index in [0.29, 0.717) is 12.2 Å². The zero-order valence-corrected chi connectivity index (χ0v) is 16.6. The Morgan fingerprint density at radius 3 is 2.37 bits per heavy atom. The molecule has 2 heterocycles. The maximum absolute atomic E-state index is 11.0. The fourth-order valence-electron chi connectivity index (χ4n) is 2.17. The summed E-state index contributed by atoms with van der Waals surface area (Å²) < 4.78 is 4.55. The summed E-state index contributed by atoms with van der Waals surface area (Å²) in [4.78, 5) is 28.6.